The summed E-state index contributed by atoms with van der Waals surface area (Å²) in [5.41, 5.74) is 0.993. The van der Waals surface area contributed by atoms with Gasteiger partial charge < -0.3 is 14.5 Å². The minimum Gasteiger partial charge on any atom is -0.497 e. The fourth-order valence-corrected chi connectivity index (χ4v) is 1.50. The summed E-state index contributed by atoms with van der Waals surface area (Å²) < 4.78 is 10.8. The van der Waals surface area contributed by atoms with E-state index in [-0.39, 0.29) is 6.04 Å². The highest BCUT2D eigenvalue weighted by Gasteiger charge is 2.11. The predicted molar refractivity (Wildman–Crippen MR) is 66.0 cm³/mol. The molecule has 2 rings (SSSR count). The van der Waals surface area contributed by atoms with E-state index in [4.69, 9.17) is 9.15 Å². The summed E-state index contributed by atoms with van der Waals surface area (Å²) in [4.78, 5) is 4.25. The third-order valence-corrected chi connectivity index (χ3v) is 2.70. The largest absolute Gasteiger partial charge is 0.497 e. The number of methoxy groups -OCH3 is 1. The molecule has 0 aliphatic rings. The molecule has 17 heavy (non-hydrogen) atoms. The quantitative estimate of drug-likeness (QED) is 0.880. The van der Waals surface area contributed by atoms with Gasteiger partial charge in [0.25, 0.3) is 0 Å². The van der Waals surface area contributed by atoms with Crippen LogP contribution in [0.15, 0.2) is 34.9 Å². The fourth-order valence-electron chi connectivity index (χ4n) is 1.50. The molecule has 0 bridgehead atoms. The molecule has 0 radical (unpaired) electrons. The lowest BCUT2D eigenvalue weighted by molar-refractivity contribution is 0.414. The van der Waals surface area contributed by atoms with Crippen LogP contribution in [0.1, 0.15) is 18.9 Å². The van der Waals surface area contributed by atoms with Crippen molar-refractivity contribution in [2.24, 2.45) is 0 Å². The summed E-state index contributed by atoms with van der Waals surface area (Å²) >= 11 is 0. The smallest absolute Gasteiger partial charge is 0.211 e. The van der Waals surface area contributed by atoms with Crippen molar-refractivity contribution in [2.45, 2.75) is 13.0 Å². The van der Waals surface area contributed by atoms with Gasteiger partial charge in [-0.25, -0.2) is 4.98 Å². The molecule has 1 unspecified atom stereocenters. The van der Waals surface area contributed by atoms with E-state index in [0.717, 1.165) is 17.1 Å². The number of hydrogen-bond donors (Lipinski definition) is 1. The maximum Gasteiger partial charge on any atom is 0.211 e. The number of ether oxygens (including phenoxy) is 1. The molecule has 2 aromatic rings. The van der Waals surface area contributed by atoms with Crippen LogP contribution in [0, 0.1) is 0 Å². The summed E-state index contributed by atoms with van der Waals surface area (Å²) in [5, 5.41) is 3.09. The Labute approximate surface area is 101 Å². The van der Waals surface area contributed by atoms with E-state index in [0.29, 0.717) is 5.89 Å². The molecule has 0 spiro atoms. The second-order valence-corrected chi connectivity index (χ2v) is 3.80. The second-order valence-electron chi connectivity index (χ2n) is 3.80. The van der Waals surface area contributed by atoms with Crippen molar-refractivity contribution in [2.75, 3.05) is 14.2 Å². The number of benzene rings is 1. The molecule has 1 aromatic heterocycles. The average molecular weight is 232 g/mol. The number of nitrogens with one attached hydrogen (secondary N) is 1. The van der Waals surface area contributed by atoms with Gasteiger partial charge in [-0.15, -0.1) is 0 Å². The van der Waals surface area contributed by atoms with Gasteiger partial charge in [0, 0.05) is 5.56 Å². The van der Waals surface area contributed by atoms with E-state index in [1.807, 2.05) is 38.2 Å². The summed E-state index contributed by atoms with van der Waals surface area (Å²) in [5.74, 6) is 2.29. The lowest BCUT2D eigenvalue weighted by atomic mass is 10.2. The zero-order valence-corrected chi connectivity index (χ0v) is 10.2. The molecule has 0 fully saturated rings. The molecule has 0 amide bonds. The lowest BCUT2D eigenvalue weighted by Crippen LogP contribution is -2.12. The van der Waals surface area contributed by atoms with Crippen LogP contribution in [0.4, 0.5) is 0 Å². The summed E-state index contributed by atoms with van der Waals surface area (Å²) in [6.07, 6.45) is 1.74. The molecular weight excluding hydrogens is 216 g/mol. The fraction of sp³-hybridized carbons (Fsp3) is 0.308. The van der Waals surface area contributed by atoms with Gasteiger partial charge in [0.05, 0.1) is 19.3 Å². The Hall–Kier alpha value is -1.81. The number of rotatable bonds is 4. The Morgan fingerprint density at radius 3 is 2.59 bits per heavy atom. The molecule has 1 heterocycles. The van der Waals surface area contributed by atoms with Crippen molar-refractivity contribution < 1.29 is 9.15 Å². The third kappa shape index (κ3) is 2.47. The van der Waals surface area contributed by atoms with Crippen molar-refractivity contribution in [3.05, 3.63) is 36.4 Å². The van der Waals surface area contributed by atoms with Gasteiger partial charge >= 0.3 is 0 Å². The zero-order chi connectivity index (χ0) is 12.3. The van der Waals surface area contributed by atoms with Crippen LogP contribution in [0.25, 0.3) is 11.3 Å². The van der Waals surface area contributed by atoms with Crippen LogP contribution >= 0.6 is 0 Å². The SMILES string of the molecule is CNC(C)c1ncc(-c2ccc(OC)cc2)o1. The van der Waals surface area contributed by atoms with E-state index in [2.05, 4.69) is 10.3 Å². The Bertz CT molecular complexity index is 476. The Morgan fingerprint density at radius 2 is 2.00 bits per heavy atom. The minimum atomic E-state index is 0.113. The van der Waals surface area contributed by atoms with E-state index in [9.17, 15) is 0 Å². The maximum absolute atomic E-state index is 5.68. The summed E-state index contributed by atoms with van der Waals surface area (Å²) in [6, 6.07) is 7.82. The van der Waals surface area contributed by atoms with Crippen molar-refractivity contribution in [1.82, 2.24) is 10.3 Å². The van der Waals surface area contributed by atoms with Gasteiger partial charge in [-0.05, 0) is 38.2 Å². The second kappa shape index (κ2) is 5.01. The molecule has 0 saturated carbocycles. The molecule has 1 aromatic carbocycles. The maximum atomic E-state index is 5.68. The van der Waals surface area contributed by atoms with E-state index in [1.165, 1.54) is 0 Å². The molecular formula is C13H16N2O2. The third-order valence-electron chi connectivity index (χ3n) is 2.70. The molecule has 1 atom stereocenters. The first kappa shape index (κ1) is 11.7. The average Bonchev–Trinajstić information content (AvgIpc) is 2.87. The Morgan fingerprint density at radius 1 is 1.29 bits per heavy atom. The molecule has 90 valence electrons. The van der Waals surface area contributed by atoms with Gasteiger partial charge in [-0.1, -0.05) is 0 Å². The van der Waals surface area contributed by atoms with Crippen LogP contribution in [0.3, 0.4) is 0 Å². The van der Waals surface area contributed by atoms with Crippen molar-refractivity contribution in [1.29, 1.82) is 0 Å². The summed E-state index contributed by atoms with van der Waals surface area (Å²) in [7, 11) is 3.53. The Balaban J connectivity index is 2.24. The molecule has 0 aliphatic carbocycles. The van der Waals surface area contributed by atoms with Gasteiger partial charge in [-0.3, -0.25) is 0 Å². The van der Waals surface area contributed by atoms with Crippen molar-refractivity contribution in [3.8, 4) is 17.1 Å². The van der Waals surface area contributed by atoms with Crippen molar-refractivity contribution in [3.63, 3.8) is 0 Å². The van der Waals surface area contributed by atoms with Gasteiger partial charge in [-0.2, -0.15) is 0 Å². The minimum absolute atomic E-state index is 0.113. The van der Waals surface area contributed by atoms with E-state index in [1.54, 1.807) is 13.3 Å². The standard InChI is InChI=1S/C13H16N2O2/c1-9(14-2)13-15-8-12(17-13)10-4-6-11(16-3)7-5-10/h4-9,14H,1-3H3. The van der Waals surface area contributed by atoms with Crippen LogP contribution in [-0.4, -0.2) is 19.1 Å². The zero-order valence-electron chi connectivity index (χ0n) is 10.2. The normalized spacial score (nSPS) is 12.4. The van der Waals surface area contributed by atoms with Gasteiger partial charge in [0.1, 0.15) is 5.75 Å². The van der Waals surface area contributed by atoms with Crippen LogP contribution < -0.4 is 10.1 Å². The molecule has 0 aliphatic heterocycles. The van der Waals surface area contributed by atoms with Gasteiger partial charge in [0.15, 0.2) is 5.76 Å². The topological polar surface area (TPSA) is 47.3 Å². The van der Waals surface area contributed by atoms with Crippen LogP contribution in [-0.2, 0) is 0 Å². The highest BCUT2D eigenvalue weighted by molar-refractivity contribution is 5.57. The van der Waals surface area contributed by atoms with E-state index >= 15 is 0 Å². The first-order valence-corrected chi connectivity index (χ1v) is 5.52. The van der Waals surface area contributed by atoms with Crippen LogP contribution in [0.5, 0.6) is 5.75 Å². The predicted octanol–water partition coefficient (Wildman–Crippen LogP) is 2.63. The van der Waals surface area contributed by atoms with Crippen molar-refractivity contribution >= 4 is 0 Å². The van der Waals surface area contributed by atoms with Gasteiger partial charge in [0.2, 0.25) is 5.89 Å². The number of hydrogen-bond acceptors (Lipinski definition) is 4. The van der Waals surface area contributed by atoms with E-state index < -0.39 is 0 Å². The number of aromatic nitrogens is 1. The summed E-state index contributed by atoms with van der Waals surface area (Å²) in [6.45, 7) is 2.00. The van der Waals surface area contributed by atoms with Crippen LogP contribution in [0.2, 0.25) is 0 Å². The highest BCUT2D eigenvalue weighted by Crippen LogP contribution is 2.24. The molecule has 4 heteroatoms. The monoisotopic (exact) mass is 232 g/mol. The number of oxazole rings is 1. The highest BCUT2D eigenvalue weighted by atomic mass is 16.5. The first-order chi connectivity index (χ1) is 8.24. The molecule has 1 N–H and O–H groups in total. The molecule has 0 saturated heterocycles. The first-order valence-electron chi connectivity index (χ1n) is 5.52. The molecule has 4 nitrogen and oxygen atoms in total. The lowest BCUT2D eigenvalue weighted by Gasteiger charge is -2.04. The Kier molecular flexibility index (Phi) is 3.44. The number of nitrogens with zero attached hydrogens (tertiary/aromatic N) is 1.